The summed E-state index contributed by atoms with van der Waals surface area (Å²) >= 11 is 0. The molecule has 4 aromatic rings. The van der Waals surface area contributed by atoms with Crippen molar-refractivity contribution in [2.75, 3.05) is 13.7 Å². The first kappa shape index (κ1) is 20.6. The van der Waals surface area contributed by atoms with Crippen LogP contribution in [0.2, 0.25) is 0 Å². The molecule has 0 saturated heterocycles. The van der Waals surface area contributed by atoms with Gasteiger partial charge in [-0.1, -0.05) is 0 Å². The Labute approximate surface area is 179 Å². The van der Waals surface area contributed by atoms with Crippen LogP contribution in [-0.4, -0.2) is 32.8 Å². The summed E-state index contributed by atoms with van der Waals surface area (Å²) in [5.41, 5.74) is 5.71. The van der Waals surface area contributed by atoms with Gasteiger partial charge in [-0.05, 0) is 38.2 Å². The molecule has 1 N–H and O–H groups in total. The number of hydrogen-bond acceptors (Lipinski definition) is 5. The molecule has 0 amide bonds. The summed E-state index contributed by atoms with van der Waals surface area (Å²) in [6.45, 7) is 2.90. The van der Waals surface area contributed by atoms with Gasteiger partial charge in [-0.2, -0.15) is 10.4 Å². The quantitative estimate of drug-likeness (QED) is 0.498. The Hall–Kier alpha value is -3.70. The SMILES string of the molecule is CNCc1cnc2ccc(-c3ccc(F)cc3OCCc3c(C#N)nn(C)c3C)cn12. The number of imidazole rings is 1. The van der Waals surface area contributed by atoms with Crippen LogP contribution < -0.4 is 10.1 Å². The number of fused-ring (bicyclic) bond motifs is 1. The fourth-order valence-corrected chi connectivity index (χ4v) is 3.66. The summed E-state index contributed by atoms with van der Waals surface area (Å²) in [7, 11) is 3.69. The van der Waals surface area contributed by atoms with Crippen LogP contribution in [0.4, 0.5) is 4.39 Å². The minimum absolute atomic E-state index is 0.302. The molecule has 0 atom stereocenters. The van der Waals surface area contributed by atoms with Crippen molar-refractivity contribution in [3.05, 3.63) is 71.2 Å². The van der Waals surface area contributed by atoms with Crippen LogP contribution in [-0.2, 0) is 20.0 Å². The predicted octanol–water partition coefficient (Wildman–Crippen LogP) is 3.39. The Balaban J connectivity index is 1.62. The van der Waals surface area contributed by atoms with Crippen LogP contribution >= 0.6 is 0 Å². The molecule has 7 nitrogen and oxygen atoms in total. The monoisotopic (exact) mass is 418 g/mol. The predicted molar refractivity (Wildman–Crippen MR) is 115 cm³/mol. The van der Waals surface area contributed by atoms with Crippen molar-refractivity contribution in [1.82, 2.24) is 24.5 Å². The third-order valence-electron chi connectivity index (χ3n) is 5.37. The molecule has 0 saturated carbocycles. The Morgan fingerprint density at radius 2 is 2.10 bits per heavy atom. The van der Waals surface area contributed by atoms with Crippen LogP contribution in [0.3, 0.4) is 0 Å². The molecule has 0 fully saturated rings. The zero-order valence-electron chi connectivity index (χ0n) is 17.7. The Kier molecular flexibility index (Phi) is 5.69. The maximum atomic E-state index is 14.0. The first-order chi connectivity index (χ1) is 15.0. The number of pyridine rings is 1. The lowest BCUT2D eigenvalue weighted by molar-refractivity contribution is 0.321. The van der Waals surface area contributed by atoms with Crippen LogP contribution in [0, 0.1) is 24.1 Å². The van der Waals surface area contributed by atoms with Crippen molar-refractivity contribution in [1.29, 1.82) is 5.26 Å². The average Bonchev–Trinajstić information content (AvgIpc) is 3.29. The molecule has 0 aliphatic heterocycles. The van der Waals surface area contributed by atoms with E-state index < -0.39 is 0 Å². The number of ether oxygens (including phenoxy) is 1. The number of nitrogens with one attached hydrogen (secondary N) is 1. The van der Waals surface area contributed by atoms with Crippen molar-refractivity contribution in [3.8, 4) is 22.9 Å². The molecule has 0 aliphatic carbocycles. The summed E-state index contributed by atoms with van der Waals surface area (Å²) in [5.74, 6) is 0.0864. The van der Waals surface area contributed by atoms with E-state index in [-0.39, 0.29) is 5.82 Å². The number of halogens is 1. The second kappa shape index (κ2) is 8.58. The molecule has 0 bridgehead atoms. The number of hydrogen-bond donors (Lipinski definition) is 1. The Bertz CT molecular complexity index is 1280. The fourth-order valence-electron chi connectivity index (χ4n) is 3.66. The third kappa shape index (κ3) is 4.00. The van der Waals surface area contributed by atoms with Crippen LogP contribution in [0.5, 0.6) is 5.75 Å². The molecule has 158 valence electrons. The first-order valence-corrected chi connectivity index (χ1v) is 9.97. The van der Waals surface area contributed by atoms with Gasteiger partial charge in [-0.15, -0.1) is 0 Å². The highest BCUT2D eigenvalue weighted by Gasteiger charge is 2.14. The smallest absolute Gasteiger partial charge is 0.166 e. The van der Waals surface area contributed by atoms with E-state index in [0.717, 1.165) is 33.7 Å². The summed E-state index contributed by atoms with van der Waals surface area (Å²) in [5, 5.41) is 16.6. The molecule has 1 aromatic carbocycles. The molecule has 3 heterocycles. The number of nitrogens with zero attached hydrogens (tertiary/aromatic N) is 5. The molecule has 0 aliphatic rings. The maximum absolute atomic E-state index is 14.0. The van der Waals surface area contributed by atoms with Crippen LogP contribution in [0.1, 0.15) is 22.6 Å². The van der Waals surface area contributed by atoms with Crippen molar-refractivity contribution in [2.24, 2.45) is 7.05 Å². The van der Waals surface area contributed by atoms with E-state index in [1.807, 2.05) is 42.9 Å². The van der Waals surface area contributed by atoms with E-state index in [1.165, 1.54) is 12.1 Å². The van der Waals surface area contributed by atoms with Gasteiger partial charge in [0.2, 0.25) is 0 Å². The minimum Gasteiger partial charge on any atom is -0.492 e. The summed E-state index contributed by atoms with van der Waals surface area (Å²) in [6.07, 6.45) is 4.32. The molecule has 0 radical (unpaired) electrons. The maximum Gasteiger partial charge on any atom is 0.166 e. The van der Waals surface area contributed by atoms with E-state index in [4.69, 9.17) is 4.74 Å². The number of rotatable bonds is 7. The minimum atomic E-state index is -0.367. The zero-order chi connectivity index (χ0) is 22.0. The van der Waals surface area contributed by atoms with Gasteiger partial charge in [-0.25, -0.2) is 9.37 Å². The van der Waals surface area contributed by atoms with E-state index in [1.54, 1.807) is 17.8 Å². The topological polar surface area (TPSA) is 80.2 Å². The second-order valence-electron chi connectivity index (χ2n) is 7.31. The number of aryl methyl sites for hydroxylation is 1. The van der Waals surface area contributed by atoms with Gasteiger partial charge in [0, 0.05) is 54.7 Å². The molecule has 31 heavy (non-hydrogen) atoms. The van der Waals surface area contributed by atoms with Crippen molar-refractivity contribution >= 4 is 5.65 Å². The standard InChI is InChI=1S/C23H23FN6O/c1-15-19(21(11-25)28-29(15)3)8-9-31-22-10-17(24)5-6-20(22)16-4-7-23-27-13-18(12-26-2)30(23)14-16/h4-7,10,13-14,26H,8-9,12H2,1-3H3. The molecule has 4 rings (SSSR count). The van der Waals surface area contributed by atoms with Gasteiger partial charge in [-0.3, -0.25) is 4.68 Å². The average molecular weight is 418 g/mol. The molecule has 0 unspecified atom stereocenters. The van der Waals surface area contributed by atoms with Gasteiger partial charge in [0.05, 0.1) is 18.5 Å². The number of benzene rings is 1. The number of nitriles is 1. The van der Waals surface area contributed by atoms with Gasteiger partial charge in [0.15, 0.2) is 5.69 Å². The highest BCUT2D eigenvalue weighted by atomic mass is 19.1. The van der Waals surface area contributed by atoms with Crippen LogP contribution in [0.15, 0.2) is 42.7 Å². The lowest BCUT2D eigenvalue weighted by Crippen LogP contribution is -2.07. The molecular weight excluding hydrogens is 395 g/mol. The molecule has 0 spiro atoms. The molecule has 8 heteroatoms. The highest BCUT2D eigenvalue weighted by molar-refractivity contribution is 5.71. The second-order valence-corrected chi connectivity index (χ2v) is 7.31. The van der Waals surface area contributed by atoms with E-state index in [2.05, 4.69) is 21.5 Å². The molecule has 3 aromatic heterocycles. The fraction of sp³-hybridized carbons (Fsp3) is 0.261. The summed E-state index contributed by atoms with van der Waals surface area (Å²) in [6, 6.07) is 10.5. The van der Waals surface area contributed by atoms with Crippen molar-refractivity contribution in [2.45, 2.75) is 19.9 Å². The Morgan fingerprint density at radius 3 is 2.87 bits per heavy atom. The lowest BCUT2D eigenvalue weighted by Gasteiger charge is -2.13. The third-order valence-corrected chi connectivity index (χ3v) is 5.37. The van der Waals surface area contributed by atoms with Crippen molar-refractivity contribution < 1.29 is 9.13 Å². The van der Waals surface area contributed by atoms with Crippen molar-refractivity contribution in [3.63, 3.8) is 0 Å². The number of aromatic nitrogens is 4. The lowest BCUT2D eigenvalue weighted by atomic mass is 10.1. The highest BCUT2D eigenvalue weighted by Crippen LogP contribution is 2.31. The van der Waals surface area contributed by atoms with Crippen LogP contribution in [0.25, 0.3) is 16.8 Å². The van der Waals surface area contributed by atoms with Gasteiger partial charge in [0.25, 0.3) is 0 Å². The first-order valence-electron chi connectivity index (χ1n) is 9.97. The van der Waals surface area contributed by atoms with E-state index in [9.17, 15) is 9.65 Å². The Morgan fingerprint density at radius 1 is 1.26 bits per heavy atom. The van der Waals surface area contributed by atoms with Gasteiger partial charge < -0.3 is 14.5 Å². The van der Waals surface area contributed by atoms with Gasteiger partial charge >= 0.3 is 0 Å². The zero-order valence-corrected chi connectivity index (χ0v) is 17.7. The molecular formula is C23H23FN6O. The normalized spacial score (nSPS) is 11.1. The summed E-state index contributed by atoms with van der Waals surface area (Å²) < 4.78 is 23.7. The van der Waals surface area contributed by atoms with E-state index in [0.29, 0.717) is 31.0 Å². The van der Waals surface area contributed by atoms with Gasteiger partial charge in [0.1, 0.15) is 23.3 Å². The van der Waals surface area contributed by atoms with E-state index >= 15 is 0 Å². The summed E-state index contributed by atoms with van der Waals surface area (Å²) in [4.78, 5) is 4.42. The largest absolute Gasteiger partial charge is 0.492 e.